The standard InChI is InChI=1S/C17H24O3/c1-4-6-13-19-16-10-7-15(8-11-16)9-12-17(18)20-14(3)5-2/h7-12,14H,4-6,13H2,1-3H3. The molecule has 0 amide bonds. The van der Waals surface area contributed by atoms with Crippen LogP contribution in [0.4, 0.5) is 0 Å². The van der Waals surface area contributed by atoms with Crippen molar-refractivity contribution in [3.8, 4) is 5.75 Å². The van der Waals surface area contributed by atoms with Crippen LogP contribution in [0.3, 0.4) is 0 Å². The Kier molecular flexibility index (Phi) is 7.48. The molecule has 1 unspecified atom stereocenters. The predicted octanol–water partition coefficient (Wildman–Crippen LogP) is 4.22. The molecule has 1 atom stereocenters. The second-order valence-electron chi connectivity index (χ2n) is 4.76. The highest BCUT2D eigenvalue weighted by molar-refractivity contribution is 5.87. The third kappa shape index (κ3) is 6.41. The molecule has 0 heterocycles. The summed E-state index contributed by atoms with van der Waals surface area (Å²) in [7, 11) is 0. The second-order valence-corrected chi connectivity index (χ2v) is 4.76. The summed E-state index contributed by atoms with van der Waals surface area (Å²) in [5.74, 6) is 0.556. The predicted molar refractivity (Wildman–Crippen MR) is 81.7 cm³/mol. The van der Waals surface area contributed by atoms with Crippen molar-refractivity contribution in [1.82, 2.24) is 0 Å². The molecule has 3 heteroatoms. The van der Waals surface area contributed by atoms with Gasteiger partial charge in [0.1, 0.15) is 5.75 Å². The fourth-order valence-electron chi connectivity index (χ4n) is 1.49. The van der Waals surface area contributed by atoms with E-state index in [1.807, 2.05) is 38.1 Å². The minimum Gasteiger partial charge on any atom is -0.494 e. The molecule has 0 aliphatic carbocycles. The molecule has 3 nitrogen and oxygen atoms in total. The SMILES string of the molecule is CCCCOc1ccc(C=CC(=O)OC(C)CC)cc1. The average molecular weight is 276 g/mol. The van der Waals surface area contributed by atoms with Crippen molar-refractivity contribution in [3.05, 3.63) is 35.9 Å². The molecule has 1 rings (SSSR count). The maximum atomic E-state index is 11.5. The molecule has 0 spiro atoms. The van der Waals surface area contributed by atoms with Gasteiger partial charge in [-0.15, -0.1) is 0 Å². The number of benzene rings is 1. The molecule has 0 saturated heterocycles. The van der Waals surface area contributed by atoms with E-state index in [9.17, 15) is 4.79 Å². The number of rotatable bonds is 8. The Morgan fingerprint density at radius 2 is 1.95 bits per heavy atom. The highest BCUT2D eigenvalue weighted by Gasteiger charge is 2.03. The van der Waals surface area contributed by atoms with Gasteiger partial charge >= 0.3 is 5.97 Å². The van der Waals surface area contributed by atoms with Gasteiger partial charge in [-0.1, -0.05) is 32.4 Å². The van der Waals surface area contributed by atoms with Crippen LogP contribution in [0.5, 0.6) is 5.75 Å². The van der Waals surface area contributed by atoms with Crippen molar-refractivity contribution in [2.45, 2.75) is 46.1 Å². The zero-order chi connectivity index (χ0) is 14.8. The maximum absolute atomic E-state index is 11.5. The van der Waals surface area contributed by atoms with Gasteiger partial charge < -0.3 is 9.47 Å². The van der Waals surface area contributed by atoms with Crippen molar-refractivity contribution in [1.29, 1.82) is 0 Å². The van der Waals surface area contributed by atoms with Crippen LogP contribution in [0.1, 0.15) is 45.6 Å². The zero-order valence-corrected chi connectivity index (χ0v) is 12.6. The Bertz CT molecular complexity index is 420. The van der Waals surface area contributed by atoms with E-state index in [1.54, 1.807) is 6.08 Å². The summed E-state index contributed by atoms with van der Waals surface area (Å²) in [6, 6.07) is 7.67. The third-order valence-corrected chi connectivity index (χ3v) is 2.95. The highest BCUT2D eigenvalue weighted by atomic mass is 16.5. The number of carbonyl (C=O) groups is 1. The molecular formula is C17H24O3. The first kappa shape index (κ1) is 16.3. The summed E-state index contributed by atoms with van der Waals surface area (Å²) in [6.45, 7) is 6.75. The number of hydrogen-bond acceptors (Lipinski definition) is 3. The van der Waals surface area contributed by atoms with Crippen LogP contribution in [0.2, 0.25) is 0 Å². The van der Waals surface area contributed by atoms with Gasteiger partial charge in [0.2, 0.25) is 0 Å². The van der Waals surface area contributed by atoms with E-state index in [0.29, 0.717) is 0 Å². The van der Waals surface area contributed by atoms with E-state index in [2.05, 4.69) is 6.92 Å². The highest BCUT2D eigenvalue weighted by Crippen LogP contribution is 2.13. The molecule has 0 aromatic heterocycles. The molecule has 0 fully saturated rings. The maximum Gasteiger partial charge on any atom is 0.331 e. The lowest BCUT2D eigenvalue weighted by Gasteiger charge is -2.08. The van der Waals surface area contributed by atoms with Gasteiger partial charge in [-0.3, -0.25) is 0 Å². The molecular weight excluding hydrogens is 252 g/mol. The first-order valence-corrected chi connectivity index (χ1v) is 7.27. The molecule has 1 aromatic rings. The van der Waals surface area contributed by atoms with Crippen LogP contribution in [0, 0.1) is 0 Å². The summed E-state index contributed by atoms with van der Waals surface area (Å²) < 4.78 is 10.7. The molecule has 0 N–H and O–H groups in total. The molecule has 0 saturated carbocycles. The molecule has 110 valence electrons. The van der Waals surface area contributed by atoms with Crippen LogP contribution >= 0.6 is 0 Å². The lowest BCUT2D eigenvalue weighted by atomic mass is 10.2. The van der Waals surface area contributed by atoms with Crippen LogP contribution in [0.15, 0.2) is 30.3 Å². The summed E-state index contributed by atoms with van der Waals surface area (Å²) in [5, 5.41) is 0. The largest absolute Gasteiger partial charge is 0.494 e. The molecule has 0 bridgehead atoms. The van der Waals surface area contributed by atoms with E-state index < -0.39 is 0 Å². The van der Waals surface area contributed by atoms with E-state index in [1.165, 1.54) is 6.08 Å². The van der Waals surface area contributed by atoms with Crippen molar-refractivity contribution in [2.75, 3.05) is 6.61 Å². The van der Waals surface area contributed by atoms with Crippen molar-refractivity contribution in [2.24, 2.45) is 0 Å². The van der Waals surface area contributed by atoms with Gasteiger partial charge in [0.05, 0.1) is 12.7 Å². The van der Waals surface area contributed by atoms with Gasteiger partial charge in [0.15, 0.2) is 0 Å². The van der Waals surface area contributed by atoms with Gasteiger partial charge in [-0.25, -0.2) is 4.79 Å². The molecule has 0 aliphatic rings. The van der Waals surface area contributed by atoms with Crippen molar-refractivity contribution in [3.63, 3.8) is 0 Å². The minimum absolute atomic E-state index is 0.0403. The summed E-state index contributed by atoms with van der Waals surface area (Å²) in [6.07, 6.45) is 6.17. The number of unbranched alkanes of at least 4 members (excludes halogenated alkanes) is 1. The topological polar surface area (TPSA) is 35.5 Å². The van der Waals surface area contributed by atoms with Gasteiger partial charge in [-0.2, -0.15) is 0 Å². The molecule has 20 heavy (non-hydrogen) atoms. The number of esters is 1. The van der Waals surface area contributed by atoms with E-state index in [0.717, 1.165) is 37.2 Å². The Morgan fingerprint density at radius 3 is 2.55 bits per heavy atom. The average Bonchev–Trinajstić information content (AvgIpc) is 2.46. The van der Waals surface area contributed by atoms with E-state index in [-0.39, 0.29) is 12.1 Å². The smallest absolute Gasteiger partial charge is 0.331 e. The molecule has 1 aromatic carbocycles. The lowest BCUT2D eigenvalue weighted by Crippen LogP contribution is -2.11. The normalized spacial score (nSPS) is 12.3. The van der Waals surface area contributed by atoms with E-state index >= 15 is 0 Å². The Hall–Kier alpha value is -1.77. The number of carbonyl (C=O) groups excluding carboxylic acids is 1. The summed E-state index contributed by atoms with van der Waals surface area (Å²) in [4.78, 5) is 11.5. The van der Waals surface area contributed by atoms with E-state index in [4.69, 9.17) is 9.47 Å². The third-order valence-electron chi connectivity index (χ3n) is 2.95. The number of ether oxygens (including phenoxy) is 2. The Morgan fingerprint density at radius 1 is 1.25 bits per heavy atom. The van der Waals surface area contributed by atoms with Crippen molar-refractivity contribution < 1.29 is 14.3 Å². The summed E-state index contributed by atoms with van der Waals surface area (Å²) >= 11 is 0. The quantitative estimate of drug-likeness (QED) is 0.405. The zero-order valence-electron chi connectivity index (χ0n) is 12.6. The molecule has 0 radical (unpaired) electrons. The van der Waals surface area contributed by atoms with Crippen molar-refractivity contribution >= 4 is 12.0 Å². The van der Waals surface area contributed by atoms with Crippen LogP contribution in [0.25, 0.3) is 6.08 Å². The van der Waals surface area contributed by atoms with Gasteiger partial charge in [0, 0.05) is 6.08 Å². The van der Waals surface area contributed by atoms with Gasteiger partial charge in [0.25, 0.3) is 0 Å². The second kappa shape index (κ2) is 9.18. The Labute approximate surface area is 121 Å². The van der Waals surface area contributed by atoms with Crippen LogP contribution < -0.4 is 4.74 Å². The van der Waals surface area contributed by atoms with Crippen LogP contribution in [-0.2, 0) is 9.53 Å². The fraction of sp³-hybridized carbons (Fsp3) is 0.471. The first-order valence-electron chi connectivity index (χ1n) is 7.27. The fourth-order valence-corrected chi connectivity index (χ4v) is 1.49. The summed E-state index contributed by atoms with van der Waals surface area (Å²) in [5.41, 5.74) is 0.953. The first-order chi connectivity index (χ1) is 9.65. The number of hydrogen-bond donors (Lipinski definition) is 0. The lowest BCUT2D eigenvalue weighted by molar-refractivity contribution is -0.142. The minimum atomic E-state index is -0.303. The monoisotopic (exact) mass is 276 g/mol. The molecule has 0 aliphatic heterocycles. The van der Waals surface area contributed by atoms with Gasteiger partial charge in [-0.05, 0) is 43.5 Å². The van der Waals surface area contributed by atoms with Crippen LogP contribution in [-0.4, -0.2) is 18.7 Å². The Balaban J connectivity index is 2.46.